The molecule has 0 aromatic heterocycles. The van der Waals surface area contributed by atoms with Crippen LogP contribution in [0, 0.1) is 10.8 Å². The van der Waals surface area contributed by atoms with Crippen molar-refractivity contribution >= 4 is 11.8 Å². The average Bonchev–Trinajstić information content (AvgIpc) is 3.35. The highest BCUT2D eigenvalue weighted by atomic mass is 16.7. The smallest absolute Gasteiger partial charge is 0.220 e. The van der Waals surface area contributed by atoms with Crippen molar-refractivity contribution < 1.29 is 24.2 Å². The number of benzene rings is 3. The molecule has 2 aliphatic heterocycles. The average molecular weight is 696 g/mol. The molecule has 0 radical (unpaired) electrons. The first-order valence-electron chi connectivity index (χ1n) is 18.9. The molecule has 3 N–H and O–H groups in total. The monoisotopic (exact) mass is 695 g/mol. The van der Waals surface area contributed by atoms with E-state index in [0.29, 0.717) is 36.4 Å². The number of aliphatic hydroxyl groups is 1. The summed E-state index contributed by atoms with van der Waals surface area (Å²) in [6.45, 7) is 12.0. The summed E-state index contributed by atoms with van der Waals surface area (Å²) in [4.78, 5) is 26.3. The van der Waals surface area contributed by atoms with E-state index < -0.39 is 6.29 Å². The number of ether oxygens (including phenoxy) is 2. The van der Waals surface area contributed by atoms with Crippen molar-refractivity contribution in [2.45, 2.75) is 117 Å². The summed E-state index contributed by atoms with van der Waals surface area (Å²) in [6, 6.07) is 25.4. The van der Waals surface area contributed by atoms with Crippen LogP contribution >= 0.6 is 0 Å². The maximum absolute atomic E-state index is 12.6. The molecule has 2 unspecified atom stereocenters. The molecule has 2 heterocycles. The van der Waals surface area contributed by atoms with Crippen molar-refractivity contribution in [3.05, 3.63) is 95.1 Å². The minimum atomic E-state index is -0.498. The lowest BCUT2D eigenvalue weighted by molar-refractivity contribution is -0.253. The molecule has 3 aromatic rings. The number of likely N-dealkylation sites (tertiary alicyclic amines) is 1. The van der Waals surface area contributed by atoms with E-state index in [1.165, 1.54) is 26.2 Å². The predicted octanol–water partition coefficient (Wildman–Crippen LogP) is 7.60. The summed E-state index contributed by atoms with van der Waals surface area (Å²) in [5.41, 5.74) is 6.94. The molecule has 1 saturated carbocycles. The van der Waals surface area contributed by atoms with E-state index in [2.05, 4.69) is 84.8 Å². The maximum atomic E-state index is 12.6. The van der Waals surface area contributed by atoms with Crippen LogP contribution in [-0.2, 0) is 32.2 Å². The minimum absolute atomic E-state index is 0.0194. The van der Waals surface area contributed by atoms with Crippen molar-refractivity contribution in [2.75, 3.05) is 19.6 Å². The second-order valence-corrected chi connectivity index (χ2v) is 16.3. The van der Waals surface area contributed by atoms with Gasteiger partial charge in [0.15, 0.2) is 6.29 Å². The van der Waals surface area contributed by atoms with E-state index in [0.717, 1.165) is 72.2 Å². The summed E-state index contributed by atoms with van der Waals surface area (Å²) >= 11 is 0. The highest BCUT2D eigenvalue weighted by molar-refractivity contribution is 5.76. The third-order valence-electron chi connectivity index (χ3n) is 11.0. The SMILES string of the molecule is CC(=O)NCCCCCC(=O)NCc1ccccc1-c1ccc([C@@H]2O[C@H](CN3CC4(C)CC3CC(C)(C)C4)C[C@H](c3ccc(CO)cc3)O2)cc1. The molecule has 51 heavy (non-hydrogen) atoms. The Kier molecular flexibility index (Phi) is 12.0. The fourth-order valence-corrected chi connectivity index (χ4v) is 8.99. The van der Waals surface area contributed by atoms with Gasteiger partial charge in [-0.05, 0) is 70.8 Å². The Morgan fingerprint density at radius 3 is 2.37 bits per heavy atom. The van der Waals surface area contributed by atoms with E-state index in [9.17, 15) is 14.7 Å². The summed E-state index contributed by atoms with van der Waals surface area (Å²) in [5.74, 6) is 0.0191. The van der Waals surface area contributed by atoms with E-state index in [-0.39, 0.29) is 30.6 Å². The van der Waals surface area contributed by atoms with Gasteiger partial charge in [0.05, 0.1) is 18.8 Å². The van der Waals surface area contributed by atoms with Crippen molar-refractivity contribution in [3.63, 3.8) is 0 Å². The van der Waals surface area contributed by atoms with E-state index in [1.807, 2.05) is 24.3 Å². The normalized spacial score (nSPS) is 25.7. The predicted molar refractivity (Wildman–Crippen MR) is 200 cm³/mol. The van der Waals surface area contributed by atoms with Gasteiger partial charge in [-0.25, -0.2) is 0 Å². The van der Waals surface area contributed by atoms with Crippen LogP contribution in [-0.4, -0.2) is 53.6 Å². The van der Waals surface area contributed by atoms with Gasteiger partial charge in [-0.1, -0.05) is 100.0 Å². The first-order chi connectivity index (χ1) is 24.5. The van der Waals surface area contributed by atoms with Gasteiger partial charge in [-0.15, -0.1) is 0 Å². The third kappa shape index (κ3) is 9.86. The molecule has 1 aliphatic carbocycles. The van der Waals surface area contributed by atoms with E-state index in [1.54, 1.807) is 0 Å². The second kappa shape index (κ2) is 16.4. The number of amides is 2. The number of carbonyl (C=O) groups excluding carboxylic acids is 2. The quantitative estimate of drug-likeness (QED) is 0.150. The van der Waals surface area contributed by atoms with Gasteiger partial charge in [0.2, 0.25) is 11.8 Å². The Labute approximate surface area is 304 Å². The van der Waals surface area contributed by atoms with Gasteiger partial charge in [0.25, 0.3) is 0 Å². The molecule has 2 saturated heterocycles. The third-order valence-corrected chi connectivity index (χ3v) is 11.0. The summed E-state index contributed by atoms with van der Waals surface area (Å²) in [5, 5.41) is 15.5. The van der Waals surface area contributed by atoms with Gasteiger partial charge >= 0.3 is 0 Å². The Bertz CT molecular complexity index is 1620. The van der Waals surface area contributed by atoms with Gasteiger partial charge in [0.1, 0.15) is 0 Å². The lowest BCUT2D eigenvalue weighted by Crippen LogP contribution is -2.42. The summed E-state index contributed by atoms with van der Waals surface area (Å²) < 4.78 is 13.5. The van der Waals surface area contributed by atoms with Gasteiger partial charge in [-0.3, -0.25) is 14.5 Å². The van der Waals surface area contributed by atoms with Crippen LogP contribution in [0.15, 0.2) is 72.8 Å². The summed E-state index contributed by atoms with van der Waals surface area (Å²) in [6.07, 6.45) is 7.01. The number of rotatable bonds is 14. The van der Waals surface area contributed by atoms with Gasteiger partial charge in [0, 0.05) is 57.5 Å². The van der Waals surface area contributed by atoms with Crippen molar-refractivity contribution in [2.24, 2.45) is 10.8 Å². The van der Waals surface area contributed by atoms with Crippen LogP contribution in [0.25, 0.3) is 11.1 Å². The molecule has 3 fully saturated rings. The van der Waals surface area contributed by atoms with Crippen molar-refractivity contribution in [1.29, 1.82) is 0 Å². The Balaban J connectivity index is 1.12. The molecule has 8 nitrogen and oxygen atoms in total. The largest absolute Gasteiger partial charge is 0.392 e. The molecule has 2 amide bonds. The Hall–Kier alpha value is -3.56. The van der Waals surface area contributed by atoms with E-state index >= 15 is 0 Å². The lowest BCUT2D eigenvalue weighted by Gasteiger charge is -2.41. The van der Waals surface area contributed by atoms with Crippen LogP contribution in [0.5, 0.6) is 0 Å². The number of unbranched alkanes of at least 4 members (excludes halogenated alkanes) is 2. The number of carbonyl (C=O) groups is 2. The Morgan fingerprint density at radius 1 is 0.882 bits per heavy atom. The molecule has 3 aliphatic rings. The standard InChI is InChI=1S/C43H57N3O5/c1-30(48)44-21-9-5-6-12-40(49)45-25-35-10-7-8-11-38(35)32-17-19-34(20-18-32)41-50-37(22-39(51-41)33-15-13-31(27-47)14-16-33)26-46-29-43(4)24-36(46)23-42(2,3)28-43/h7-8,10-11,13-20,36-37,39,41,47H,5-6,9,12,21-29H2,1-4H3,(H,44,48)(H,45,49)/t36?,37-,39+,41+,43?/m0/s1. The van der Waals surface area contributed by atoms with Crippen LogP contribution in [0.3, 0.4) is 0 Å². The van der Waals surface area contributed by atoms with Gasteiger partial charge in [-0.2, -0.15) is 0 Å². The number of fused-ring (bicyclic) bond motifs is 2. The number of aliphatic hydroxyl groups excluding tert-OH is 1. The lowest BCUT2D eigenvalue weighted by atomic mass is 9.65. The van der Waals surface area contributed by atoms with Crippen molar-refractivity contribution in [3.8, 4) is 11.1 Å². The number of hydrogen-bond acceptors (Lipinski definition) is 6. The van der Waals surface area contributed by atoms with Gasteiger partial charge < -0.3 is 25.2 Å². The minimum Gasteiger partial charge on any atom is -0.392 e. The zero-order valence-electron chi connectivity index (χ0n) is 31.0. The topological polar surface area (TPSA) is 100 Å². The van der Waals surface area contributed by atoms with Crippen molar-refractivity contribution in [1.82, 2.24) is 15.5 Å². The molecule has 5 atom stereocenters. The van der Waals surface area contributed by atoms with Crippen LogP contribution in [0.4, 0.5) is 0 Å². The molecule has 2 bridgehead atoms. The highest BCUT2D eigenvalue weighted by Crippen LogP contribution is 2.53. The first-order valence-corrected chi connectivity index (χ1v) is 18.9. The molecular formula is C43H57N3O5. The molecule has 8 heteroatoms. The summed E-state index contributed by atoms with van der Waals surface area (Å²) in [7, 11) is 0. The maximum Gasteiger partial charge on any atom is 0.220 e. The second-order valence-electron chi connectivity index (χ2n) is 16.3. The molecule has 0 spiro atoms. The first kappa shape index (κ1) is 37.2. The molecule has 3 aromatic carbocycles. The van der Waals surface area contributed by atoms with Crippen LogP contribution in [0.2, 0.25) is 0 Å². The van der Waals surface area contributed by atoms with Crippen LogP contribution < -0.4 is 10.6 Å². The van der Waals surface area contributed by atoms with Crippen LogP contribution in [0.1, 0.15) is 114 Å². The van der Waals surface area contributed by atoms with E-state index in [4.69, 9.17) is 9.47 Å². The fourth-order valence-electron chi connectivity index (χ4n) is 8.99. The number of nitrogens with one attached hydrogen (secondary N) is 2. The molecule has 274 valence electrons. The molecular weight excluding hydrogens is 638 g/mol. The Morgan fingerprint density at radius 2 is 1.63 bits per heavy atom. The zero-order valence-corrected chi connectivity index (χ0v) is 31.0. The number of nitrogens with zero attached hydrogens (tertiary/aromatic N) is 1. The fraction of sp³-hybridized carbons (Fsp3) is 0.535. The highest BCUT2D eigenvalue weighted by Gasteiger charge is 2.50. The zero-order chi connectivity index (χ0) is 36.0. The molecule has 6 rings (SSSR count). The number of hydrogen-bond donors (Lipinski definition) is 3.